The molecule has 0 saturated carbocycles. The minimum Gasteiger partial charge on any atom is -0.510 e. The quantitative estimate of drug-likeness (QED) is 0.101. The molecule has 3 aromatic heterocycles. The van der Waals surface area contributed by atoms with Crippen molar-refractivity contribution in [1.29, 1.82) is 0 Å². The Morgan fingerprint density at radius 2 is 1.16 bits per heavy atom. The van der Waals surface area contributed by atoms with E-state index in [1.807, 2.05) is 18.3 Å². The molecular formula is C64H60N4OPt-2. The molecule has 0 bridgehead atoms. The van der Waals surface area contributed by atoms with Crippen LogP contribution in [0.5, 0.6) is 11.5 Å². The van der Waals surface area contributed by atoms with Crippen molar-refractivity contribution in [3.8, 4) is 39.8 Å². The number of para-hydroxylation sites is 1. The normalized spacial score (nSPS) is 12.3. The molecule has 0 fully saturated rings. The van der Waals surface area contributed by atoms with Crippen molar-refractivity contribution in [2.45, 2.75) is 90.9 Å². The van der Waals surface area contributed by atoms with E-state index in [1.165, 1.54) is 33.4 Å². The first-order chi connectivity index (χ1) is 33.0. The minimum absolute atomic E-state index is 0. The second-order valence-corrected chi connectivity index (χ2v) is 21.5. The van der Waals surface area contributed by atoms with Crippen molar-refractivity contribution in [3.05, 3.63) is 234 Å². The molecule has 6 heteroatoms. The third-order valence-corrected chi connectivity index (χ3v) is 13.9. The molecule has 0 aliphatic rings. The molecule has 10 rings (SSSR count). The average Bonchev–Trinajstić information content (AvgIpc) is 3.96. The number of fused-ring (bicyclic) bond motifs is 3. The van der Waals surface area contributed by atoms with Gasteiger partial charge in [-0.2, -0.15) is 12.1 Å². The first-order valence-corrected chi connectivity index (χ1v) is 24.0. The van der Waals surface area contributed by atoms with Crippen LogP contribution in [0.3, 0.4) is 0 Å². The van der Waals surface area contributed by atoms with Gasteiger partial charge in [0.25, 0.3) is 6.33 Å². The molecule has 0 N–H and O–H groups in total. The summed E-state index contributed by atoms with van der Waals surface area (Å²) in [5.74, 6) is 2.03. The number of pyridine rings is 1. The number of hydrogen-bond donors (Lipinski definition) is 0. The molecule has 5 nitrogen and oxygen atoms in total. The summed E-state index contributed by atoms with van der Waals surface area (Å²) >= 11 is 0. The number of rotatable bonds is 10. The Morgan fingerprint density at radius 1 is 0.529 bits per heavy atom. The van der Waals surface area contributed by atoms with E-state index in [-0.39, 0.29) is 42.7 Å². The average molecular weight is 1100 g/mol. The Balaban J connectivity index is 0.00000608. The van der Waals surface area contributed by atoms with E-state index in [2.05, 4.69) is 265 Å². The predicted octanol–water partition coefficient (Wildman–Crippen LogP) is 15.4. The van der Waals surface area contributed by atoms with Gasteiger partial charge >= 0.3 is 0 Å². The number of imidazole rings is 1. The Morgan fingerprint density at radius 3 is 1.81 bits per heavy atom. The molecule has 0 radical (unpaired) electrons. The molecule has 0 saturated heterocycles. The molecule has 0 aliphatic heterocycles. The van der Waals surface area contributed by atoms with Crippen LogP contribution in [0.15, 0.2) is 182 Å². The van der Waals surface area contributed by atoms with E-state index in [0.29, 0.717) is 11.5 Å². The van der Waals surface area contributed by atoms with Gasteiger partial charge in [-0.3, -0.25) is 4.57 Å². The van der Waals surface area contributed by atoms with Crippen LogP contribution in [0.25, 0.3) is 50.1 Å². The van der Waals surface area contributed by atoms with Gasteiger partial charge < -0.3 is 13.9 Å². The molecule has 0 unspecified atom stereocenters. The monoisotopic (exact) mass is 1100 g/mol. The van der Waals surface area contributed by atoms with E-state index < -0.39 is 0 Å². The van der Waals surface area contributed by atoms with Crippen LogP contribution in [0.4, 0.5) is 0 Å². The van der Waals surface area contributed by atoms with Crippen molar-refractivity contribution >= 4 is 21.8 Å². The van der Waals surface area contributed by atoms with Crippen LogP contribution < -0.4 is 9.30 Å². The summed E-state index contributed by atoms with van der Waals surface area (Å²) in [6.45, 7) is 22.7. The van der Waals surface area contributed by atoms with Gasteiger partial charge in [-0.15, -0.1) is 29.8 Å². The first kappa shape index (κ1) is 48.2. The number of nitrogens with zero attached hydrogens (tertiary/aromatic N) is 4. The van der Waals surface area contributed by atoms with E-state index in [4.69, 9.17) is 9.72 Å². The van der Waals surface area contributed by atoms with Crippen molar-refractivity contribution in [1.82, 2.24) is 14.1 Å². The molecule has 0 aliphatic carbocycles. The summed E-state index contributed by atoms with van der Waals surface area (Å²) in [6, 6.07) is 67.6. The van der Waals surface area contributed by atoms with Crippen LogP contribution >= 0.6 is 0 Å². The number of benzene rings is 7. The summed E-state index contributed by atoms with van der Waals surface area (Å²) in [5.41, 5.74) is 12.4. The third kappa shape index (κ3) is 9.09. The van der Waals surface area contributed by atoms with Crippen molar-refractivity contribution < 1.29 is 30.4 Å². The summed E-state index contributed by atoms with van der Waals surface area (Å²) < 4.78 is 13.4. The summed E-state index contributed by atoms with van der Waals surface area (Å²) in [6.07, 6.45) is 7.90. The fourth-order valence-electron chi connectivity index (χ4n) is 9.71. The van der Waals surface area contributed by atoms with Gasteiger partial charge in [-0.1, -0.05) is 195 Å². The largest absolute Gasteiger partial charge is 0.510 e. The summed E-state index contributed by atoms with van der Waals surface area (Å²) in [5, 5.41) is 2.30. The van der Waals surface area contributed by atoms with Gasteiger partial charge in [0.15, 0.2) is 0 Å². The SMILES string of the molecule is CC(C)(C)c1cc(Oc2[c-]c(-n3[c-][n+](-c4cc(-c5ccccc5)cc(C(C)(C)c5ccccc5)c4)cc3C(C)(C)C)ccc2)[c-]c2c1c1ccccc1n2-c1cc(C(C)(C)c2ccccc2)ccn1.[Pt]. The van der Waals surface area contributed by atoms with E-state index in [1.54, 1.807) is 0 Å². The Hall–Kier alpha value is -6.81. The van der Waals surface area contributed by atoms with Crippen LogP contribution in [0.2, 0.25) is 0 Å². The topological polar surface area (TPSA) is 35.9 Å². The third-order valence-electron chi connectivity index (χ3n) is 13.9. The van der Waals surface area contributed by atoms with Gasteiger partial charge in [-0.05, 0) is 85.6 Å². The van der Waals surface area contributed by atoms with E-state index in [9.17, 15) is 0 Å². The number of aromatic nitrogens is 4. The van der Waals surface area contributed by atoms with Crippen LogP contribution in [0.1, 0.15) is 103 Å². The molecule has 3 heterocycles. The molecule has 0 spiro atoms. The van der Waals surface area contributed by atoms with E-state index in [0.717, 1.165) is 50.3 Å². The minimum atomic E-state index is -0.253. The predicted molar refractivity (Wildman–Crippen MR) is 282 cm³/mol. The molecular weight excluding hydrogens is 1040 g/mol. The van der Waals surface area contributed by atoms with Gasteiger partial charge in [-0.25, -0.2) is 4.98 Å². The van der Waals surface area contributed by atoms with Gasteiger partial charge in [0.2, 0.25) is 0 Å². The Labute approximate surface area is 428 Å². The van der Waals surface area contributed by atoms with Crippen molar-refractivity contribution in [3.63, 3.8) is 0 Å². The summed E-state index contributed by atoms with van der Waals surface area (Å²) in [4.78, 5) is 5.03. The standard InChI is InChI=1S/C64H60N4O.Pt/c1-61(2,3)55-40-53(41-57-60(55)54-31-20-21-32-56(54)68(57)59-38-48(33-34-65-59)63(7,8)46-25-16-12-17-26-46)69-52-30-22-29-50(39-52)67-43-66(42-58(67)62(4,5)6)51-36-45(44-23-14-11-15-24-44)35-49(37-51)64(9,10)47-27-18-13-19-28-47;/h11-38,40,42H,1-10H3;/q-2;. The first-order valence-electron chi connectivity index (χ1n) is 24.0. The van der Waals surface area contributed by atoms with Gasteiger partial charge in [0.1, 0.15) is 5.82 Å². The van der Waals surface area contributed by atoms with Crippen LogP contribution in [0, 0.1) is 18.5 Å². The molecule has 10 aromatic rings. The molecule has 7 aromatic carbocycles. The van der Waals surface area contributed by atoms with Crippen LogP contribution in [-0.4, -0.2) is 14.1 Å². The fraction of sp³-hybridized carbons (Fsp3) is 0.219. The number of ether oxygens (including phenoxy) is 1. The van der Waals surface area contributed by atoms with Gasteiger partial charge in [0, 0.05) is 61.3 Å². The zero-order chi connectivity index (χ0) is 48.3. The molecule has 0 amide bonds. The second-order valence-electron chi connectivity index (χ2n) is 21.5. The van der Waals surface area contributed by atoms with Crippen molar-refractivity contribution in [2.75, 3.05) is 0 Å². The smallest absolute Gasteiger partial charge is 0.267 e. The molecule has 0 atom stereocenters. The zero-order valence-electron chi connectivity index (χ0n) is 41.8. The van der Waals surface area contributed by atoms with E-state index >= 15 is 0 Å². The molecule has 70 heavy (non-hydrogen) atoms. The van der Waals surface area contributed by atoms with Crippen molar-refractivity contribution in [2.24, 2.45) is 0 Å². The maximum Gasteiger partial charge on any atom is 0.267 e. The molecule has 354 valence electrons. The Bertz CT molecular complexity index is 3480. The maximum atomic E-state index is 6.91. The summed E-state index contributed by atoms with van der Waals surface area (Å²) in [7, 11) is 0. The Kier molecular flexibility index (Phi) is 12.7. The second kappa shape index (κ2) is 18.5. The number of hydrogen-bond acceptors (Lipinski definition) is 2. The van der Waals surface area contributed by atoms with Crippen LogP contribution in [-0.2, 0) is 42.7 Å². The zero-order valence-corrected chi connectivity index (χ0v) is 44.1. The fourth-order valence-corrected chi connectivity index (χ4v) is 9.71. The van der Waals surface area contributed by atoms with Gasteiger partial charge in [0.05, 0.1) is 11.4 Å². The maximum absolute atomic E-state index is 6.91.